The van der Waals surface area contributed by atoms with Crippen LogP contribution in [0.5, 0.6) is 0 Å². The van der Waals surface area contributed by atoms with E-state index < -0.39 is 4.92 Å². The summed E-state index contributed by atoms with van der Waals surface area (Å²) in [6.07, 6.45) is 1.44. The number of methoxy groups -OCH3 is 1. The highest BCUT2D eigenvalue weighted by molar-refractivity contribution is 5.78. The number of aromatic nitrogens is 1. The molecule has 0 amide bonds. The number of aryl methyl sites for hydroxylation is 2. The molecule has 0 atom stereocenters. The number of nitrogens with one attached hydrogen (secondary N) is 1. The molecule has 9 heteroatoms. The first kappa shape index (κ1) is 20.7. The van der Waals surface area contributed by atoms with Gasteiger partial charge in [-0.25, -0.2) is 4.98 Å². The molecular formula is C21H19N5O4. The summed E-state index contributed by atoms with van der Waals surface area (Å²) in [6, 6.07) is 12.2. The molecule has 0 saturated heterocycles. The Labute approximate surface area is 172 Å². The maximum absolute atomic E-state index is 11.1. The van der Waals surface area contributed by atoms with Crippen LogP contribution in [0.1, 0.15) is 28.1 Å². The maximum Gasteiger partial charge on any atom is 0.273 e. The highest BCUT2D eigenvalue weighted by Crippen LogP contribution is 2.28. The zero-order valence-electron chi connectivity index (χ0n) is 16.7. The lowest BCUT2D eigenvalue weighted by Gasteiger charge is -2.08. The van der Waals surface area contributed by atoms with Gasteiger partial charge >= 0.3 is 0 Å². The molecule has 1 N–H and O–H groups in total. The van der Waals surface area contributed by atoms with Gasteiger partial charge in [-0.15, -0.1) is 0 Å². The number of nitro groups is 1. The fourth-order valence-corrected chi connectivity index (χ4v) is 2.91. The van der Waals surface area contributed by atoms with Crippen LogP contribution in [0.25, 0.3) is 11.3 Å². The topological polar surface area (TPSA) is 127 Å². The standard InChI is InChI=1S/C21H19N5O4/c1-13-4-5-15(9-19(13)26(27)28)20-7-6-17(30-20)11-23-25-21-18(10-22)16(12-29-3)8-14(2)24-21/h4-9,11H,12H2,1-3H3,(H,24,25)/b23-11-. The molecule has 0 aliphatic heterocycles. The van der Waals surface area contributed by atoms with Crippen LogP contribution in [0.2, 0.25) is 0 Å². The predicted molar refractivity (Wildman–Crippen MR) is 111 cm³/mol. The number of furan rings is 1. The first-order chi connectivity index (χ1) is 14.4. The van der Waals surface area contributed by atoms with Gasteiger partial charge in [0.1, 0.15) is 23.2 Å². The molecule has 2 aromatic heterocycles. The van der Waals surface area contributed by atoms with E-state index in [-0.39, 0.29) is 12.3 Å². The van der Waals surface area contributed by atoms with Crippen molar-refractivity contribution in [3.8, 4) is 17.4 Å². The first-order valence-corrected chi connectivity index (χ1v) is 8.96. The van der Waals surface area contributed by atoms with Gasteiger partial charge in [0.2, 0.25) is 0 Å². The summed E-state index contributed by atoms with van der Waals surface area (Å²) in [6.45, 7) is 3.78. The second-order valence-electron chi connectivity index (χ2n) is 6.52. The fourth-order valence-electron chi connectivity index (χ4n) is 2.91. The zero-order valence-corrected chi connectivity index (χ0v) is 16.7. The van der Waals surface area contributed by atoms with Crippen LogP contribution < -0.4 is 5.43 Å². The number of benzene rings is 1. The molecule has 152 valence electrons. The third kappa shape index (κ3) is 4.51. The van der Waals surface area contributed by atoms with Crippen LogP contribution in [0.4, 0.5) is 11.5 Å². The Bertz CT molecular complexity index is 1160. The molecule has 0 spiro atoms. The Morgan fingerprint density at radius 2 is 2.13 bits per heavy atom. The second kappa shape index (κ2) is 8.98. The first-order valence-electron chi connectivity index (χ1n) is 8.96. The maximum atomic E-state index is 11.1. The average Bonchev–Trinajstić information content (AvgIpc) is 3.17. The predicted octanol–water partition coefficient (Wildman–Crippen LogP) is 4.33. The zero-order chi connectivity index (χ0) is 21.7. The van der Waals surface area contributed by atoms with Crippen molar-refractivity contribution in [1.29, 1.82) is 5.26 Å². The van der Waals surface area contributed by atoms with E-state index in [1.807, 2.05) is 6.92 Å². The van der Waals surface area contributed by atoms with E-state index in [1.54, 1.807) is 44.4 Å². The largest absolute Gasteiger partial charge is 0.455 e. The molecule has 0 radical (unpaired) electrons. The normalized spacial score (nSPS) is 10.9. The SMILES string of the molecule is COCc1cc(C)nc(N/N=C\c2ccc(-c3ccc(C)c([N+](=O)[O-])c3)o2)c1C#N. The lowest BCUT2D eigenvalue weighted by molar-refractivity contribution is -0.385. The average molecular weight is 405 g/mol. The summed E-state index contributed by atoms with van der Waals surface area (Å²) in [7, 11) is 1.55. The number of hydrogen-bond acceptors (Lipinski definition) is 8. The fraction of sp³-hybridized carbons (Fsp3) is 0.190. The monoisotopic (exact) mass is 405 g/mol. The van der Waals surface area contributed by atoms with Gasteiger partial charge in [-0.1, -0.05) is 12.1 Å². The van der Waals surface area contributed by atoms with Crippen LogP contribution in [0, 0.1) is 35.3 Å². The molecule has 0 saturated carbocycles. The van der Waals surface area contributed by atoms with E-state index in [9.17, 15) is 15.4 Å². The van der Waals surface area contributed by atoms with Crippen molar-refractivity contribution in [3.05, 3.63) is 74.7 Å². The van der Waals surface area contributed by atoms with Crippen LogP contribution in [-0.4, -0.2) is 23.2 Å². The van der Waals surface area contributed by atoms with E-state index >= 15 is 0 Å². The Morgan fingerprint density at radius 3 is 2.83 bits per heavy atom. The third-order valence-electron chi connectivity index (χ3n) is 4.32. The Hall–Kier alpha value is -4.03. The lowest BCUT2D eigenvalue weighted by atomic mass is 10.1. The van der Waals surface area contributed by atoms with Gasteiger partial charge in [0.05, 0.1) is 17.7 Å². The second-order valence-corrected chi connectivity index (χ2v) is 6.52. The van der Waals surface area contributed by atoms with E-state index in [0.29, 0.717) is 39.6 Å². The summed E-state index contributed by atoms with van der Waals surface area (Å²) in [4.78, 5) is 15.0. The minimum absolute atomic E-state index is 0.0298. The van der Waals surface area contributed by atoms with Gasteiger partial charge in [0.15, 0.2) is 5.82 Å². The third-order valence-corrected chi connectivity index (χ3v) is 4.32. The van der Waals surface area contributed by atoms with Crippen LogP contribution in [-0.2, 0) is 11.3 Å². The molecule has 2 heterocycles. The summed E-state index contributed by atoms with van der Waals surface area (Å²) in [5.74, 6) is 1.24. The van der Waals surface area contributed by atoms with Gasteiger partial charge < -0.3 is 9.15 Å². The van der Waals surface area contributed by atoms with Gasteiger partial charge in [-0.2, -0.15) is 10.4 Å². The molecule has 0 aliphatic rings. The lowest BCUT2D eigenvalue weighted by Crippen LogP contribution is -2.03. The smallest absolute Gasteiger partial charge is 0.273 e. The Balaban J connectivity index is 1.80. The highest BCUT2D eigenvalue weighted by atomic mass is 16.6. The molecule has 9 nitrogen and oxygen atoms in total. The van der Waals surface area contributed by atoms with E-state index in [4.69, 9.17) is 9.15 Å². The van der Waals surface area contributed by atoms with Crippen molar-refractivity contribution < 1.29 is 14.1 Å². The summed E-state index contributed by atoms with van der Waals surface area (Å²) >= 11 is 0. The number of rotatable bonds is 7. The summed E-state index contributed by atoms with van der Waals surface area (Å²) in [5.41, 5.74) is 5.75. The van der Waals surface area contributed by atoms with Crippen LogP contribution in [0.3, 0.4) is 0 Å². The quantitative estimate of drug-likeness (QED) is 0.352. The number of hydrazone groups is 1. The van der Waals surface area contributed by atoms with E-state index in [0.717, 1.165) is 5.69 Å². The van der Waals surface area contributed by atoms with Crippen LogP contribution >= 0.6 is 0 Å². The van der Waals surface area contributed by atoms with E-state index in [1.165, 1.54) is 12.3 Å². The number of ether oxygens (including phenoxy) is 1. The number of nitro benzene ring substituents is 1. The summed E-state index contributed by atoms with van der Waals surface area (Å²) < 4.78 is 10.8. The Morgan fingerprint density at radius 1 is 1.33 bits per heavy atom. The van der Waals surface area contributed by atoms with Crippen molar-refractivity contribution in [1.82, 2.24) is 4.98 Å². The molecule has 0 aliphatic carbocycles. The van der Waals surface area contributed by atoms with Crippen LogP contribution in [0.15, 0.2) is 45.9 Å². The Kier molecular flexibility index (Phi) is 6.20. The molecule has 0 fully saturated rings. The molecule has 3 aromatic rings. The molecule has 1 aromatic carbocycles. The number of pyridine rings is 1. The van der Waals surface area contributed by atoms with Crippen molar-refractivity contribution >= 4 is 17.7 Å². The summed E-state index contributed by atoms with van der Waals surface area (Å²) in [5, 5.41) is 24.7. The van der Waals surface area contributed by atoms with E-state index in [2.05, 4.69) is 21.6 Å². The number of nitrogens with zero attached hydrogens (tertiary/aromatic N) is 4. The minimum Gasteiger partial charge on any atom is -0.455 e. The molecule has 0 bridgehead atoms. The number of nitriles is 1. The van der Waals surface area contributed by atoms with Crippen molar-refractivity contribution in [2.45, 2.75) is 20.5 Å². The number of anilines is 1. The molecule has 3 rings (SSSR count). The van der Waals surface area contributed by atoms with Crippen molar-refractivity contribution in [3.63, 3.8) is 0 Å². The van der Waals surface area contributed by atoms with Gasteiger partial charge in [-0.05, 0) is 32.0 Å². The molecular weight excluding hydrogens is 386 g/mol. The van der Waals surface area contributed by atoms with Crippen molar-refractivity contribution in [2.75, 3.05) is 12.5 Å². The number of hydrogen-bond donors (Lipinski definition) is 1. The van der Waals surface area contributed by atoms with Gasteiger partial charge in [0.25, 0.3) is 5.69 Å². The minimum atomic E-state index is -0.423. The van der Waals surface area contributed by atoms with Gasteiger partial charge in [0, 0.05) is 35.6 Å². The highest BCUT2D eigenvalue weighted by Gasteiger charge is 2.14. The van der Waals surface area contributed by atoms with Crippen molar-refractivity contribution in [2.24, 2.45) is 5.10 Å². The van der Waals surface area contributed by atoms with Gasteiger partial charge in [-0.3, -0.25) is 15.5 Å². The molecule has 0 unspecified atom stereocenters. The molecule has 30 heavy (non-hydrogen) atoms.